The van der Waals surface area contributed by atoms with Crippen LogP contribution in [0.1, 0.15) is 21.5 Å². The van der Waals surface area contributed by atoms with Gasteiger partial charge in [0.2, 0.25) is 0 Å². The molecule has 3 aromatic rings. The molecule has 0 saturated heterocycles. The number of Topliss-reactive ketones (excluding diaryl/α,β-unsaturated/α-hetero) is 1. The topological polar surface area (TPSA) is 69.3 Å². The van der Waals surface area contributed by atoms with Gasteiger partial charge >= 0.3 is 5.69 Å². The Hall–Kier alpha value is -2.76. The maximum atomic E-state index is 12.3. The molecule has 1 aromatic carbocycles. The second-order valence-corrected chi connectivity index (χ2v) is 4.97. The summed E-state index contributed by atoms with van der Waals surface area (Å²) < 4.78 is 2.52. The molecule has 6 heteroatoms. The first-order valence-corrected chi connectivity index (χ1v) is 6.56. The third-order valence-electron chi connectivity index (χ3n) is 3.51. The van der Waals surface area contributed by atoms with Gasteiger partial charge in [0, 0.05) is 18.0 Å². The van der Waals surface area contributed by atoms with Gasteiger partial charge in [-0.15, -0.1) is 5.10 Å². The van der Waals surface area contributed by atoms with E-state index in [0.29, 0.717) is 11.2 Å². The van der Waals surface area contributed by atoms with Crippen LogP contribution in [-0.4, -0.2) is 24.9 Å². The fraction of sp³-hybridized carbons (Fsp3) is 0.200. The smallest absolute Gasteiger partial charge is 0.292 e. The maximum Gasteiger partial charge on any atom is 0.350 e. The Labute approximate surface area is 120 Å². The molecule has 0 aliphatic heterocycles. The van der Waals surface area contributed by atoms with Crippen molar-refractivity contribution in [2.24, 2.45) is 0 Å². The predicted octanol–water partition coefficient (Wildman–Crippen LogP) is 1.39. The van der Waals surface area contributed by atoms with Crippen LogP contribution in [0.4, 0.5) is 0 Å². The van der Waals surface area contributed by atoms with Gasteiger partial charge in [-0.1, -0.05) is 12.1 Å². The molecule has 0 amide bonds. The summed E-state index contributed by atoms with van der Waals surface area (Å²) in [5.74, 6) is -0.142. The molecule has 21 heavy (non-hydrogen) atoms. The van der Waals surface area contributed by atoms with Gasteiger partial charge in [-0.3, -0.25) is 9.78 Å². The third-order valence-corrected chi connectivity index (χ3v) is 3.51. The minimum absolute atomic E-state index is 0.0803. The second kappa shape index (κ2) is 4.97. The lowest BCUT2D eigenvalue weighted by Gasteiger charge is -2.04. The van der Waals surface area contributed by atoms with E-state index < -0.39 is 0 Å². The average Bonchev–Trinajstić information content (AvgIpc) is 2.79. The Morgan fingerprint density at radius 2 is 2.05 bits per heavy atom. The quantitative estimate of drug-likeness (QED) is 0.681. The van der Waals surface area contributed by atoms with Crippen molar-refractivity contribution in [2.75, 3.05) is 0 Å². The van der Waals surface area contributed by atoms with Crippen molar-refractivity contribution < 1.29 is 4.79 Å². The Kier molecular flexibility index (Phi) is 3.13. The number of benzene rings is 1. The number of aryl methyl sites for hydroxylation is 2. The van der Waals surface area contributed by atoms with Gasteiger partial charge in [-0.05, 0) is 31.0 Å². The van der Waals surface area contributed by atoms with Crippen molar-refractivity contribution >= 4 is 11.4 Å². The fourth-order valence-corrected chi connectivity index (χ4v) is 2.13. The summed E-state index contributed by atoms with van der Waals surface area (Å²) in [6, 6.07) is 5.51. The number of fused-ring (bicyclic) bond motifs is 1. The molecule has 0 spiro atoms. The van der Waals surface area contributed by atoms with Gasteiger partial charge in [0.25, 0.3) is 0 Å². The number of ketones is 1. The lowest BCUT2D eigenvalue weighted by molar-refractivity contribution is 0.0966. The molecule has 0 N–H and O–H groups in total. The number of carbonyl (C=O) groups is 1. The van der Waals surface area contributed by atoms with Crippen LogP contribution in [0.5, 0.6) is 0 Å². The Morgan fingerprint density at radius 1 is 1.24 bits per heavy atom. The van der Waals surface area contributed by atoms with Crippen molar-refractivity contribution in [1.82, 2.24) is 19.2 Å². The second-order valence-electron chi connectivity index (χ2n) is 4.97. The molecule has 0 aliphatic rings. The van der Waals surface area contributed by atoms with Gasteiger partial charge < -0.3 is 0 Å². The van der Waals surface area contributed by atoms with Crippen LogP contribution < -0.4 is 5.69 Å². The highest BCUT2D eigenvalue weighted by Gasteiger charge is 2.12. The fourth-order valence-electron chi connectivity index (χ4n) is 2.13. The summed E-state index contributed by atoms with van der Waals surface area (Å²) in [6.07, 6.45) is 4.52. The first kappa shape index (κ1) is 13.2. The standard InChI is InChI=1S/C15H14N4O2/c1-10-3-4-12(7-11(10)2)13(20)9-19-15(21)18-6-5-16-8-14(18)17-19/h3-8H,9H2,1-2H3. The highest BCUT2D eigenvalue weighted by molar-refractivity contribution is 5.96. The Balaban J connectivity index is 1.94. The third kappa shape index (κ3) is 2.35. The molecule has 0 saturated carbocycles. The van der Waals surface area contributed by atoms with E-state index in [1.54, 1.807) is 6.07 Å². The maximum absolute atomic E-state index is 12.3. The van der Waals surface area contributed by atoms with Crippen LogP contribution in [0.15, 0.2) is 41.6 Å². The van der Waals surface area contributed by atoms with Crippen LogP contribution in [0, 0.1) is 13.8 Å². The first-order valence-electron chi connectivity index (χ1n) is 6.56. The first-order chi connectivity index (χ1) is 10.1. The molecule has 6 nitrogen and oxygen atoms in total. The van der Waals surface area contributed by atoms with Crippen molar-refractivity contribution in [3.63, 3.8) is 0 Å². The summed E-state index contributed by atoms with van der Waals surface area (Å²) in [5, 5.41) is 4.10. The number of nitrogens with zero attached hydrogens (tertiary/aromatic N) is 4. The molecule has 2 heterocycles. The molecule has 0 fully saturated rings. The number of rotatable bonds is 3. The summed E-state index contributed by atoms with van der Waals surface area (Å²) in [7, 11) is 0. The zero-order valence-electron chi connectivity index (χ0n) is 11.8. The minimum Gasteiger partial charge on any atom is -0.292 e. The van der Waals surface area contributed by atoms with E-state index in [2.05, 4.69) is 10.1 Å². The van der Waals surface area contributed by atoms with Gasteiger partial charge in [-0.2, -0.15) is 0 Å². The number of aromatic nitrogens is 4. The van der Waals surface area contributed by atoms with Gasteiger partial charge in [0.15, 0.2) is 11.4 Å². The molecule has 0 atom stereocenters. The number of carbonyl (C=O) groups excluding carboxylic acids is 1. The zero-order chi connectivity index (χ0) is 15.0. The van der Waals surface area contributed by atoms with Crippen molar-refractivity contribution in [2.45, 2.75) is 20.4 Å². The van der Waals surface area contributed by atoms with E-state index in [0.717, 1.165) is 15.8 Å². The van der Waals surface area contributed by atoms with E-state index in [4.69, 9.17) is 0 Å². The summed E-state index contributed by atoms with van der Waals surface area (Å²) >= 11 is 0. The minimum atomic E-state index is -0.343. The molecule has 0 radical (unpaired) electrons. The molecular formula is C15H14N4O2. The van der Waals surface area contributed by atoms with Crippen molar-refractivity contribution in [3.8, 4) is 0 Å². The summed E-state index contributed by atoms with van der Waals surface area (Å²) in [4.78, 5) is 28.3. The Bertz CT molecular complexity index is 892. The summed E-state index contributed by atoms with van der Waals surface area (Å²) in [6.45, 7) is 3.86. The van der Waals surface area contributed by atoms with Crippen LogP contribution in [-0.2, 0) is 6.54 Å². The van der Waals surface area contributed by atoms with E-state index in [-0.39, 0.29) is 18.0 Å². The van der Waals surface area contributed by atoms with E-state index in [1.165, 1.54) is 23.0 Å². The van der Waals surface area contributed by atoms with E-state index >= 15 is 0 Å². The monoisotopic (exact) mass is 282 g/mol. The zero-order valence-corrected chi connectivity index (χ0v) is 11.8. The molecule has 2 aromatic heterocycles. The molecule has 106 valence electrons. The SMILES string of the molecule is Cc1ccc(C(=O)Cn2nc3cnccn3c2=O)cc1C. The molecule has 0 bridgehead atoms. The van der Waals surface area contributed by atoms with E-state index in [1.807, 2.05) is 26.0 Å². The number of hydrogen-bond donors (Lipinski definition) is 0. The van der Waals surface area contributed by atoms with Crippen LogP contribution >= 0.6 is 0 Å². The highest BCUT2D eigenvalue weighted by Crippen LogP contribution is 2.10. The average molecular weight is 282 g/mol. The molecule has 0 aliphatic carbocycles. The predicted molar refractivity (Wildman–Crippen MR) is 77.5 cm³/mol. The lowest BCUT2D eigenvalue weighted by atomic mass is 10.0. The van der Waals surface area contributed by atoms with Gasteiger partial charge in [0.05, 0.1) is 6.20 Å². The molecular weight excluding hydrogens is 268 g/mol. The normalized spacial score (nSPS) is 11.0. The molecule has 3 rings (SSSR count). The van der Waals surface area contributed by atoms with Gasteiger partial charge in [-0.25, -0.2) is 13.9 Å². The van der Waals surface area contributed by atoms with Crippen LogP contribution in [0.3, 0.4) is 0 Å². The highest BCUT2D eigenvalue weighted by atomic mass is 16.2. The van der Waals surface area contributed by atoms with Gasteiger partial charge in [0.1, 0.15) is 6.54 Å². The van der Waals surface area contributed by atoms with Crippen molar-refractivity contribution in [1.29, 1.82) is 0 Å². The lowest BCUT2D eigenvalue weighted by Crippen LogP contribution is -2.25. The largest absolute Gasteiger partial charge is 0.350 e. The van der Waals surface area contributed by atoms with Crippen LogP contribution in [0.2, 0.25) is 0 Å². The Morgan fingerprint density at radius 3 is 2.76 bits per heavy atom. The van der Waals surface area contributed by atoms with E-state index in [9.17, 15) is 9.59 Å². The van der Waals surface area contributed by atoms with Crippen molar-refractivity contribution in [3.05, 3.63) is 64.0 Å². The molecule has 0 unspecified atom stereocenters. The van der Waals surface area contributed by atoms with Crippen LogP contribution in [0.25, 0.3) is 5.65 Å². The number of hydrogen-bond acceptors (Lipinski definition) is 4. The summed E-state index contributed by atoms with van der Waals surface area (Å²) in [5.41, 5.74) is 2.84.